The first-order chi connectivity index (χ1) is 12.5. The lowest BCUT2D eigenvalue weighted by Crippen LogP contribution is -2.52. The monoisotopic (exact) mass is 376 g/mol. The Labute approximate surface area is 157 Å². The van der Waals surface area contributed by atoms with Crippen LogP contribution in [0.15, 0.2) is 41.4 Å². The molecule has 0 aromatic heterocycles. The van der Waals surface area contributed by atoms with Crippen molar-refractivity contribution < 1.29 is 19.1 Å². The molecule has 0 saturated carbocycles. The number of amides is 3. The maximum absolute atomic E-state index is 13.2. The number of esters is 1. The summed E-state index contributed by atoms with van der Waals surface area (Å²) in [6, 6.07) is 8.98. The van der Waals surface area contributed by atoms with Gasteiger partial charge in [0, 0.05) is 11.5 Å². The van der Waals surface area contributed by atoms with E-state index in [-0.39, 0.29) is 50.4 Å². The Morgan fingerprint density at radius 1 is 1.27 bits per heavy atom. The van der Waals surface area contributed by atoms with Gasteiger partial charge < -0.3 is 9.64 Å². The number of carbonyl (C=O) groups is 3. The van der Waals surface area contributed by atoms with E-state index in [0.29, 0.717) is 11.5 Å². The number of nitrogens with zero attached hydrogens (tertiary/aromatic N) is 2. The van der Waals surface area contributed by atoms with E-state index in [1.165, 1.54) is 9.80 Å². The van der Waals surface area contributed by atoms with E-state index in [1.807, 2.05) is 30.3 Å². The molecule has 138 valence electrons. The molecule has 0 aliphatic carbocycles. The quantitative estimate of drug-likeness (QED) is 0.565. The van der Waals surface area contributed by atoms with Gasteiger partial charge in [-0.2, -0.15) is 0 Å². The molecule has 1 atom stereocenters. The maximum atomic E-state index is 13.2. The standard InChI is InChI=1S/C19H21ClN2O4/c1-2-26-16(23)9-11-19-10-8-15(20)13-22(19)18(25)21(17(19)24)12-14-6-4-3-5-7-14/h3-8H,2,9-13H2,1H3. The summed E-state index contributed by atoms with van der Waals surface area (Å²) in [5.41, 5.74) is -0.189. The van der Waals surface area contributed by atoms with E-state index in [1.54, 1.807) is 13.0 Å². The van der Waals surface area contributed by atoms with Crippen LogP contribution in [-0.2, 0) is 20.9 Å². The second-order valence-corrected chi connectivity index (χ2v) is 6.92. The SMILES string of the molecule is CCOC(=O)CCC12CC=C(Cl)CN1C(=O)N(Cc1ccccc1)C2=O. The van der Waals surface area contributed by atoms with E-state index in [2.05, 4.69) is 0 Å². The molecule has 2 aliphatic heterocycles. The van der Waals surface area contributed by atoms with Crippen LogP contribution in [0.5, 0.6) is 0 Å². The van der Waals surface area contributed by atoms with Gasteiger partial charge in [0.2, 0.25) is 0 Å². The van der Waals surface area contributed by atoms with Gasteiger partial charge in [-0.1, -0.05) is 48.0 Å². The highest BCUT2D eigenvalue weighted by Gasteiger charge is 2.57. The molecule has 2 heterocycles. The van der Waals surface area contributed by atoms with Gasteiger partial charge in [-0.3, -0.25) is 14.5 Å². The molecule has 0 N–H and O–H groups in total. The number of hydrogen-bond donors (Lipinski definition) is 0. The summed E-state index contributed by atoms with van der Waals surface area (Å²) in [7, 11) is 0. The Bertz CT molecular complexity index is 749. The zero-order valence-electron chi connectivity index (χ0n) is 14.6. The molecule has 0 radical (unpaired) electrons. The Morgan fingerprint density at radius 3 is 2.69 bits per heavy atom. The molecule has 3 rings (SSSR count). The summed E-state index contributed by atoms with van der Waals surface area (Å²) in [5, 5.41) is 0.527. The molecule has 1 unspecified atom stereocenters. The van der Waals surface area contributed by atoms with Gasteiger partial charge in [-0.25, -0.2) is 4.79 Å². The number of urea groups is 1. The fourth-order valence-corrected chi connectivity index (χ4v) is 3.68. The minimum absolute atomic E-state index is 0.0774. The highest BCUT2D eigenvalue weighted by Crippen LogP contribution is 2.40. The van der Waals surface area contributed by atoms with Crippen LogP contribution >= 0.6 is 11.6 Å². The summed E-state index contributed by atoms with van der Waals surface area (Å²) in [6.07, 6.45) is 2.37. The predicted molar refractivity (Wildman–Crippen MR) is 96.2 cm³/mol. The minimum atomic E-state index is -1.06. The number of fused-ring (bicyclic) bond motifs is 1. The molecule has 1 saturated heterocycles. The third-order valence-corrected chi connectivity index (χ3v) is 5.10. The van der Waals surface area contributed by atoms with Crippen LogP contribution in [0.2, 0.25) is 0 Å². The van der Waals surface area contributed by atoms with Crippen LogP contribution in [0.4, 0.5) is 4.79 Å². The summed E-state index contributed by atoms with van der Waals surface area (Å²) in [4.78, 5) is 40.7. The molecular weight excluding hydrogens is 356 g/mol. The Kier molecular flexibility index (Phi) is 5.32. The lowest BCUT2D eigenvalue weighted by atomic mass is 9.85. The lowest BCUT2D eigenvalue weighted by Gasteiger charge is -2.37. The van der Waals surface area contributed by atoms with E-state index < -0.39 is 5.54 Å². The highest BCUT2D eigenvalue weighted by molar-refractivity contribution is 6.30. The second kappa shape index (κ2) is 7.50. The number of halogens is 1. The first-order valence-electron chi connectivity index (χ1n) is 8.65. The van der Waals surface area contributed by atoms with Crippen molar-refractivity contribution in [3.63, 3.8) is 0 Å². The van der Waals surface area contributed by atoms with Gasteiger partial charge in [0.1, 0.15) is 5.54 Å². The van der Waals surface area contributed by atoms with Crippen LogP contribution in [-0.4, -0.2) is 46.4 Å². The third kappa shape index (κ3) is 3.33. The fourth-order valence-electron chi connectivity index (χ4n) is 3.49. The highest BCUT2D eigenvalue weighted by atomic mass is 35.5. The van der Waals surface area contributed by atoms with Crippen molar-refractivity contribution in [3.05, 3.63) is 47.0 Å². The Hall–Kier alpha value is -2.34. The van der Waals surface area contributed by atoms with Crippen LogP contribution in [0.1, 0.15) is 31.7 Å². The number of ether oxygens (including phenoxy) is 1. The molecule has 3 amide bonds. The predicted octanol–water partition coefficient (Wildman–Crippen LogP) is 3.06. The van der Waals surface area contributed by atoms with Gasteiger partial charge in [-0.05, 0) is 25.3 Å². The smallest absolute Gasteiger partial charge is 0.328 e. The number of imide groups is 1. The van der Waals surface area contributed by atoms with Crippen LogP contribution < -0.4 is 0 Å². The summed E-state index contributed by atoms with van der Waals surface area (Å²) < 4.78 is 4.98. The van der Waals surface area contributed by atoms with Crippen LogP contribution in [0, 0.1) is 0 Å². The molecule has 7 heteroatoms. The van der Waals surface area contributed by atoms with E-state index in [0.717, 1.165) is 5.56 Å². The normalized spacial score (nSPS) is 22.3. The minimum Gasteiger partial charge on any atom is -0.466 e. The molecule has 1 fully saturated rings. The lowest BCUT2D eigenvalue weighted by molar-refractivity contribution is -0.144. The van der Waals surface area contributed by atoms with Crippen molar-refractivity contribution in [2.75, 3.05) is 13.2 Å². The molecule has 1 aromatic carbocycles. The molecule has 26 heavy (non-hydrogen) atoms. The number of hydrogen-bond acceptors (Lipinski definition) is 4. The van der Waals surface area contributed by atoms with Crippen molar-refractivity contribution in [1.29, 1.82) is 0 Å². The van der Waals surface area contributed by atoms with Crippen molar-refractivity contribution in [3.8, 4) is 0 Å². The van der Waals surface area contributed by atoms with E-state index in [4.69, 9.17) is 16.3 Å². The average molecular weight is 377 g/mol. The topological polar surface area (TPSA) is 66.9 Å². The first-order valence-corrected chi connectivity index (χ1v) is 9.03. The first kappa shape index (κ1) is 18.5. The van der Waals surface area contributed by atoms with Crippen LogP contribution in [0.3, 0.4) is 0 Å². The van der Waals surface area contributed by atoms with Crippen LogP contribution in [0.25, 0.3) is 0 Å². The van der Waals surface area contributed by atoms with Crippen molar-refractivity contribution >= 4 is 29.5 Å². The molecule has 2 aliphatic rings. The zero-order chi connectivity index (χ0) is 18.7. The van der Waals surface area contributed by atoms with Crippen molar-refractivity contribution in [2.24, 2.45) is 0 Å². The largest absolute Gasteiger partial charge is 0.466 e. The Balaban J connectivity index is 1.85. The summed E-state index contributed by atoms with van der Waals surface area (Å²) in [5.74, 6) is -0.652. The summed E-state index contributed by atoms with van der Waals surface area (Å²) >= 11 is 6.12. The third-order valence-electron chi connectivity index (χ3n) is 4.82. The van der Waals surface area contributed by atoms with Gasteiger partial charge in [0.25, 0.3) is 5.91 Å². The molecular formula is C19H21ClN2O4. The van der Waals surface area contributed by atoms with Gasteiger partial charge >= 0.3 is 12.0 Å². The summed E-state index contributed by atoms with van der Waals surface area (Å²) in [6.45, 7) is 2.40. The van der Waals surface area contributed by atoms with Gasteiger partial charge in [-0.15, -0.1) is 0 Å². The number of carbonyl (C=O) groups excluding carboxylic acids is 3. The zero-order valence-corrected chi connectivity index (χ0v) is 15.4. The van der Waals surface area contributed by atoms with Gasteiger partial charge in [0.05, 0.1) is 19.7 Å². The van der Waals surface area contributed by atoms with E-state index in [9.17, 15) is 14.4 Å². The molecule has 1 aromatic rings. The number of rotatable bonds is 6. The molecule has 0 spiro atoms. The fraction of sp³-hybridized carbons (Fsp3) is 0.421. The van der Waals surface area contributed by atoms with E-state index >= 15 is 0 Å². The maximum Gasteiger partial charge on any atom is 0.328 e. The second-order valence-electron chi connectivity index (χ2n) is 6.44. The average Bonchev–Trinajstić information content (AvgIpc) is 2.83. The molecule has 6 nitrogen and oxygen atoms in total. The molecule has 0 bridgehead atoms. The number of benzene rings is 1. The van der Waals surface area contributed by atoms with Gasteiger partial charge in [0.15, 0.2) is 0 Å². The van der Waals surface area contributed by atoms with Crippen molar-refractivity contribution in [2.45, 2.75) is 38.3 Å². The Morgan fingerprint density at radius 2 is 2.00 bits per heavy atom. The van der Waals surface area contributed by atoms with Crippen molar-refractivity contribution in [1.82, 2.24) is 9.80 Å².